The lowest BCUT2D eigenvalue weighted by Gasteiger charge is -2.09. The van der Waals surface area contributed by atoms with Crippen LogP contribution in [0.3, 0.4) is 0 Å². The summed E-state index contributed by atoms with van der Waals surface area (Å²) >= 11 is 3.20. The van der Waals surface area contributed by atoms with Crippen LogP contribution in [-0.4, -0.2) is 4.98 Å². The molecule has 0 aliphatic rings. The first kappa shape index (κ1) is 13.0. The van der Waals surface area contributed by atoms with Crippen molar-refractivity contribution in [3.05, 3.63) is 52.4 Å². The molecule has 1 aromatic heterocycles. The molecule has 0 aliphatic heterocycles. The Morgan fingerprint density at radius 3 is 2.78 bits per heavy atom. The monoisotopic (exact) mass is 310 g/mol. The van der Waals surface area contributed by atoms with Gasteiger partial charge in [-0.3, -0.25) is 0 Å². The van der Waals surface area contributed by atoms with E-state index in [9.17, 15) is 4.39 Å². The van der Waals surface area contributed by atoms with Crippen LogP contribution in [-0.2, 0) is 0 Å². The van der Waals surface area contributed by atoms with Gasteiger partial charge in [0.05, 0.1) is 0 Å². The first-order chi connectivity index (χ1) is 8.54. The molecule has 5 heteroatoms. The molecule has 94 valence electrons. The van der Waals surface area contributed by atoms with Gasteiger partial charge in [-0.05, 0) is 30.7 Å². The normalized spacial score (nSPS) is 12.2. The standard InChI is InChI=1S/C13H12BrFN2O/c1-8(16)9-2-3-17-13(4-9)18-12-6-10(14)5-11(15)7-12/h2-8H,16H2,1H3/t8-/m0/s1. The van der Waals surface area contributed by atoms with Gasteiger partial charge in [0.1, 0.15) is 11.6 Å². The third-order valence-corrected chi connectivity index (χ3v) is 2.80. The van der Waals surface area contributed by atoms with Crippen LogP contribution in [0.25, 0.3) is 0 Å². The van der Waals surface area contributed by atoms with Crippen LogP contribution in [0.4, 0.5) is 4.39 Å². The van der Waals surface area contributed by atoms with Crippen LogP contribution in [0.5, 0.6) is 11.6 Å². The van der Waals surface area contributed by atoms with Gasteiger partial charge in [0, 0.05) is 28.8 Å². The molecule has 0 fully saturated rings. The zero-order valence-corrected chi connectivity index (χ0v) is 11.3. The summed E-state index contributed by atoms with van der Waals surface area (Å²) in [6.07, 6.45) is 1.61. The van der Waals surface area contributed by atoms with Gasteiger partial charge in [0.15, 0.2) is 0 Å². The fourth-order valence-electron chi connectivity index (χ4n) is 1.47. The lowest BCUT2D eigenvalue weighted by molar-refractivity contribution is 0.456. The summed E-state index contributed by atoms with van der Waals surface area (Å²) in [6, 6.07) is 7.78. The fraction of sp³-hybridized carbons (Fsp3) is 0.154. The molecule has 0 radical (unpaired) electrons. The average molecular weight is 311 g/mol. The van der Waals surface area contributed by atoms with Gasteiger partial charge < -0.3 is 10.5 Å². The highest BCUT2D eigenvalue weighted by Gasteiger charge is 2.05. The Kier molecular flexibility index (Phi) is 3.93. The summed E-state index contributed by atoms with van der Waals surface area (Å²) in [7, 11) is 0. The van der Waals surface area contributed by atoms with Crippen molar-refractivity contribution in [1.29, 1.82) is 0 Å². The molecule has 0 saturated heterocycles. The first-order valence-electron chi connectivity index (χ1n) is 5.40. The number of rotatable bonds is 3. The summed E-state index contributed by atoms with van der Waals surface area (Å²) in [5, 5.41) is 0. The second kappa shape index (κ2) is 5.46. The quantitative estimate of drug-likeness (QED) is 0.938. The number of halogens is 2. The maximum atomic E-state index is 13.2. The van der Waals surface area contributed by atoms with Gasteiger partial charge in [0.2, 0.25) is 5.88 Å². The fourth-order valence-corrected chi connectivity index (χ4v) is 1.92. The van der Waals surface area contributed by atoms with E-state index in [1.165, 1.54) is 12.1 Å². The van der Waals surface area contributed by atoms with Gasteiger partial charge in [0.25, 0.3) is 0 Å². The Balaban J connectivity index is 2.25. The molecule has 1 aromatic carbocycles. The van der Waals surface area contributed by atoms with E-state index in [1.807, 2.05) is 13.0 Å². The van der Waals surface area contributed by atoms with E-state index in [1.54, 1.807) is 18.3 Å². The smallest absolute Gasteiger partial charge is 0.219 e. The number of hydrogen-bond acceptors (Lipinski definition) is 3. The SMILES string of the molecule is C[C@H](N)c1ccnc(Oc2cc(F)cc(Br)c2)c1. The number of aromatic nitrogens is 1. The van der Waals surface area contributed by atoms with Crippen LogP contribution in [0.2, 0.25) is 0 Å². The molecule has 0 spiro atoms. The molecule has 1 atom stereocenters. The van der Waals surface area contributed by atoms with E-state index < -0.39 is 0 Å². The van der Waals surface area contributed by atoms with Crippen LogP contribution < -0.4 is 10.5 Å². The number of pyridine rings is 1. The summed E-state index contributed by atoms with van der Waals surface area (Å²) in [5.41, 5.74) is 6.69. The van der Waals surface area contributed by atoms with Crippen molar-refractivity contribution in [2.45, 2.75) is 13.0 Å². The van der Waals surface area contributed by atoms with Gasteiger partial charge >= 0.3 is 0 Å². The first-order valence-corrected chi connectivity index (χ1v) is 6.19. The summed E-state index contributed by atoms with van der Waals surface area (Å²) in [4.78, 5) is 4.06. The highest BCUT2D eigenvalue weighted by atomic mass is 79.9. The molecule has 2 aromatic rings. The molecule has 1 heterocycles. The predicted molar refractivity (Wildman–Crippen MR) is 71.0 cm³/mol. The lowest BCUT2D eigenvalue weighted by Crippen LogP contribution is -2.05. The van der Waals surface area contributed by atoms with Crippen molar-refractivity contribution >= 4 is 15.9 Å². The van der Waals surface area contributed by atoms with E-state index in [-0.39, 0.29) is 11.9 Å². The van der Waals surface area contributed by atoms with Crippen molar-refractivity contribution in [3.8, 4) is 11.6 Å². The highest BCUT2D eigenvalue weighted by molar-refractivity contribution is 9.10. The van der Waals surface area contributed by atoms with Gasteiger partial charge in [-0.15, -0.1) is 0 Å². The van der Waals surface area contributed by atoms with Crippen LogP contribution in [0, 0.1) is 5.82 Å². The van der Waals surface area contributed by atoms with Crippen molar-refractivity contribution in [2.75, 3.05) is 0 Å². The van der Waals surface area contributed by atoms with Crippen LogP contribution >= 0.6 is 15.9 Å². The molecular weight excluding hydrogens is 299 g/mol. The number of nitrogens with two attached hydrogens (primary N) is 1. The molecule has 2 N–H and O–H groups in total. The molecule has 18 heavy (non-hydrogen) atoms. The predicted octanol–water partition coefficient (Wildman–Crippen LogP) is 3.80. The van der Waals surface area contributed by atoms with E-state index in [4.69, 9.17) is 10.5 Å². The van der Waals surface area contributed by atoms with Crippen molar-refractivity contribution in [2.24, 2.45) is 5.73 Å². The Morgan fingerprint density at radius 1 is 1.33 bits per heavy atom. The van der Waals surface area contributed by atoms with Crippen molar-refractivity contribution in [1.82, 2.24) is 4.98 Å². The summed E-state index contributed by atoms with van der Waals surface area (Å²) in [5.74, 6) is 0.404. The average Bonchev–Trinajstić information content (AvgIpc) is 2.27. The minimum absolute atomic E-state index is 0.102. The number of ether oxygens (including phenoxy) is 1. The van der Waals surface area contributed by atoms with E-state index in [0.29, 0.717) is 16.1 Å². The van der Waals surface area contributed by atoms with Gasteiger partial charge in [-0.1, -0.05) is 15.9 Å². The maximum absolute atomic E-state index is 13.2. The van der Waals surface area contributed by atoms with Crippen molar-refractivity contribution < 1.29 is 9.13 Å². The molecule has 0 saturated carbocycles. The second-order valence-electron chi connectivity index (χ2n) is 3.92. The lowest BCUT2D eigenvalue weighted by atomic mass is 10.1. The molecule has 2 rings (SSSR count). The molecule has 0 unspecified atom stereocenters. The Morgan fingerprint density at radius 2 is 2.11 bits per heavy atom. The number of hydrogen-bond donors (Lipinski definition) is 1. The third kappa shape index (κ3) is 3.27. The highest BCUT2D eigenvalue weighted by Crippen LogP contribution is 2.25. The minimum atomic E-state index is -0.372. The van der Waals surface area contributed by atoms with E-state index >= 15 is 0 Å². The van der Waals surface area contributed by atoms with Gasteiger partial charge in [-0.25, -0.2) is 9.37 Å². The molecule has 0 aliphatic carbocycles. The Labute approximate surface area is 113 Å². The van der Waals surface area contributed by atoms with E-state index in [0.717, 1.165) is 5.56 Å². The molecule has 0 amide bonds. The summed E-state index contributed by atoms with van der Waals surface area (Å²) in [6.45, 7) is 1.87. The zero-order valence-electron chi connectivity index (χ0n) is 9.73. The largest absolute Gasteiger partial charge is 0.439 e. The third-order valence-electron chi connectivity index (χ3n) is 2.34. The minimum Gasteiger partial charge on any atom is -0.439 e. The zero-order chi connectivity index (χ0) is 13.1. The van der Waals surface area contributed by atoms with Crippen molar-refractivity contribution in [3.63, 3.8) is 0 Å². The summed E-state index contributed by atoms with van der Waals surface area (Å²) < 4.78 is 19.3. The van der Waals surface area contributed by atoms with Gasteiger partial charge in [-0.2, -0.15) is 0 Å². The molecular formula is C13H12BrFN2O. The number of nitrogens with zero attached hydrogens (tertiary/aromatic N) is 1. The van der Waals surface area contributed by atoms with E-state index in [2.05, 4.69) is 20.9 Å². The second-order valence-corrected chi connectivity index (χ2v) is 4.84. The topological polar surface area (TPSA) is 48.1 Å². The molecule has 0 bridgehead atoms. The number of benzene rings is 1. The Hall–Kier alpha value is -1.46. The van der Waals surface area contributed by atoms with Crippen LogP contribution in [0.1, 0.15) is 18.5 Å². The maximum Gasteiger partial charge on any atom is 0.219 e. The van der Waals surface area contributed by atoms with Crippen LogP contribution in [0.15, 0.2) is 41.0 Å². The Bertz CT molecular complexity index is 540. The molecule has 3 nitrogen and oxygen atoms in total.